The Morgan fingerprint density at radius 2 is 1.07 bits per heavy atom. The molecule has 0 heterocycles. The highest BCUT2D eigenvalue weighted by atomic mass is 35.5. The molecule has 0 saturated heterocycles. The van der Waals surface area contributed by atoms with Crippen LogP contribution >= 0.6 is 35.1 Å². The van der Waals surface area contributed by atoms with Crippen molar-refractivity contribution in [1.82, 2.24) is 0 Å². The normalized spacial score (nSPS) is 11.2. The molecule has 0 fully saturated rings. The summed E-state index contributed by atoms with van der Waals surface area (Å²) in [6.07, 6.45) is 16.0. The lowest BCUT2D eigenvalue weighted by atomic mass is 10.1. The topological polar surface area (TPSA) is 20.2 Å². The van der Waals surface area contributed by atoms with E-state index in [1.54, 1.807) is 0 Å². The number of aromatic hydroxyl groups is 1. The highest BCUT2D eigenvalue weighted by Gasteiger charge is 2.10. The summed E-state index contributed by atoms with van der Waals surface area (Å²) in [6.45, 7) is 4.52. The first-order valence-corrected chi connectivity index (χ1v) is 14.0. The maximum atomic E-state index is 10.6. The number of benzene rings is 1. The summed E-state index contributed by atoms with van der Waals surface area (Å²) in [5, 5.41) is 11.4. The van der Waals surface area contributed by atoms with Gasteiger partial charge in [-0.1, -0.05) is 89.7 Å². The van der Waals surface area contributed by atoms with Gasteiger partial charge in [0.05, 0.1) is 0 Å². The second-order valence-electron chi connectivity index (χ2n) is 7.71. The van der Waals surface area contributed by atoms with E-state index < -0.39 is 0 Å². The number of hydrogen-bond donors (Lipinski definition) is 1. The van der Waals surface area contributed by atoms with Gasteiger partial charge in [-0.25, -0.2) is 0 Å². The van der Waals surface area contributed by atoms with Crippen molar-refractivity contribution >= 4 is 35.1 Å². The van der Waals surface area contributed by atoms with E-state index in [1.165, 1.54) is 88.6 Å². The fourth-order valence-corrected chi connectivity index (χ4v) is 5.52. The number of hydrogen-bond acceptors (Lipinski definition) is 3. The van der Waals surface area contributed by atoms with Crippen molar-refractivity contribution < 1.29 is 5.11 Å². The van der Waals surface area contributed by atoms with Crippen LogP contribution in [0.3, 0.4) is 0 Å². The van der Waals surface area contributed by atoms with Crippen molar-refractivity contribution in [3.63, 3.8) is 0 Å². The molecular formula is C24H41ClOS2. The van der Waals surface area contributed by atoms with Gasteiger partial charge in [0.15, 0.2) is 0 Å². The summed E-state index contributed by atoms with van der Waals surface area (Å²) >= 11 is 10.1. The number of rotatable bonds is 18. The van der Waals surface area contributed by atoms with E-state index in [4.69, 9.17) is 11.6 Å². The summed E-state index contributed by atoms with van der Waals surface area (Å²) in [4.78, 5) is 0. The van der Waals surface area contributed by atoms with Gasteiger partial charge < -0.3 is 5.11 Å². The smallest absolute Gasteiger partial charge is 0.123 e. The maximum absolute atomic E-state index is 10.6. The highest BCUT2D eigenvalue weighted by Crippen LogP contribution is 2.33. The van der Waals surface area contributed by atoms with Gasteiger partial charge in [0.1, 0.15) is 5.75 Å². The minimum atomic E-state index is 0.468. The number of thioether (sulfide) groups is 2. The van der Waals surface area contributed by atoms with Crippen molar-refractivity contribution in [3.05, 3.63) is 28.3 Å². The standard InChI is InChI=1S/C24H41ClOS2/c1-3-5-7-9-11-13-15-27-19-21-17-23(25)18-22(24(21)26)20-28-16-14-12-10-8-6-4-2/h17-18,26H,3-16,19-20H2,1-2H3. The fourth-order valence-electron chi connectivity index (χ4n) is 3.27. The Labute approximate surface area is 187 Å². The molecule has 0 saturated carbocycles. The van der Waals surface area contributed by atoms with Gasteiger partial charge >= 0.3 is 0 Å². The largest absolute Gasteiger partial charge is 0.507 e. The molecule has 1 aromatic carbocycles. The molecule has 28 heavy (non-hydrogen) atoms. The number of phenols is 1. The first-order valence-electron chi connectivity index (χ1n) is 11.3. The molecule has 4 heteroatoms. The zero-order valence-corrected chi connectivity index (χ0v) is 20.5. The maximum Gasteiger partial charge on any atom is 0.123 e. The lowest BCUT2D eigenvalue weighted by Crippen LogP contribution is -1.92. The molecule has 0 spiro atoms. The van der Waals surface area contributed by atoms with Gasteiger partial charge in [-0.15, -0.1) is 0 Å². The minimum Gasteiger partial charge on any atom is -0.507 e. The van der Waals surface area contributed by atoms with Crippen molar-refractivity contribution in [2.24, 2.45) is 0 Å². The predicted octanol–water partition coefficient (Wildman–Crippen LogP) is 9.23. The molecule has 0 aliphatic heterocycles. The average molecular weight is 445 g/mol. The van der Waals surface area contributed by atoms with Crippen LogP contribution in [-0.2, 0) is 11.5 Å². The third-order valence-corrected chi connectivity index (χ3v) is 7.44. The molecule has 0 aromatic heterocycles. The van der Waals surface area contributed by atoms with Crippen LogP contribution in [0.5, 0.6) is 5.75 Å². The molecule has 0 unspecified atom stereocenters. The Balaban J connectivity index is 2.26. The van der Waals surface area contributed by atoms with E-state index in [1.807, 2.05) is 35.7 Å². The van der Waals surface area contributed by atoms with Crippen molar-refractivity contribution in [2.75, 3.05) is 11.5 Å². The Hall–Kier alpha value is 0.01000. The summed E-state index contributed by atoms with van der Waals surface area (Å²) < 4.78 is 0. The lowest BCUT2D eigenvalue weighted by molar-refractivity contribution is 0.466. The van der Waals surface area contributed by atoms with Gasteiger partial charge in [0, 0.05) is 27.7 Å². The Bertz CT molecular complexity index is 466. The van der Waals surface area contributed by atoms with Gasteiger partial charge in [0.2, 0.25) is 0 Å². The molecule has 0 atom stereocenters. The number of unbranched alkanes of at least 4 members (excludes halogenated alkanes) is 10. The van der Waals surface area contributed by atoms with Gasteiger partial charge in [-0.05, 0) is 36.5 Å². The molecule has 1 N–H and O–H groups in total. The lowest BCUT2D eigenvalue weighted by Gasteiger charge is -2.11. The molecule has 1 nitrogen and oxygen atoms in total. The van der Waals surface area contributed by atoms with Crippen molar-refractivity contribution in [2.45, 2.75) is 102 Å². The van der Waals surface area contributed by atoms with Crippen LogP contribution in [0.2, 0.25) is 5.02 Å². The summed E-state index contributed by atoms with van der Waals surface area (Å²) in [5.74, 6) is 4.52. The summed E-state index contributed by atoms with van der Waals surface area (Å²) in [6, 6.07) is 3.88. The Kier molecular flexibility index (Phi) is 16.6. The number of halogens is 1. The first kappa shape index (κ1) is 26.0. The predicted molar refractivity (Wildman–Crippen MR) is 132 cm³/mol. The van der Waals surface area contributed by atoms with E-state index in [-0.39, 0.29) is 0 Å². The van der Waals surface area contributed by atoms with Crippen LogP contribution in [0.1, 0.15) is 102 Å². The molecule has 0 amide bonds. The number of phenolic OH excluding ortho intramolecular Hbond substituents is 1. The van der Waals surface area contributed by atoms with Crippen LogP contribution in [0.15, 0.2) is 12.1 Å². The van der Waals surface area contributed by atoms with E-state index in [9.17, 15) is 5.11 Å². The third-order valence-electron chi connectivity index (χ3n) is 5.03. The van der Waals surface area contributed by atoms with Crippen LogP contribution < -0.4 is 0 Å². The minimum absolute atomic E-state index is 0.468. The molecule has 0 aliphatic rings. The van der Waals surface area contributed by atoms with Crippen molar-refractivity contribution in [1.29, 1.82) is 0 Å². The van der Waals surface area contributed by atoms with Crippen LogP contribution in [0.4, 0.5) is 0 Å². The molecule has 0 radical (unpaired) electrons. The van der Waals surface area contributed by atoms with Gasteiger partial charge in [-0.3, -0.25) is 0 Å². The average Bonchev–Trinajstić information content (AvgIpc) is 2.69. The second kappa shape index (κ2) is 17.8. The molecule has 162 valence electrons. The Morgan fingerprint density at radius 1 is 0.679 bits per heavy atom. The molecule has 0 bridgehead atoms. The SMILES string of the molecule is CCCCCCCCSCc1cc(Cl)cc(CSCCCCCCCC)c1O. The Morgan fingerprint density at radius 3 is 1.50 bits per heavy atom. The monoisotopic (exact) mass is 444 g/mol. The van der Waals surface area contributed by atoms with E-state index >= 15 is 0 Å². The van der Waals surface area contributed by atoms with E-state index in [0.717, 1.165) is 27.7 Å². The molecule has 0 aliphatic carbocycles. The molecular weight excluding hydrogens is 404 g/mol. The zero-order valence-electron chi connectivity index (χ0n) is 18.1. The zero-order chi connectivity index (χ0) is 20.5. The van der Waals surface area contributed by atoms with Crippen LogP contribution in [-0.4, -0.2) is 16.6 Å². The third kappa shape index (κ3) is 12.5. The van der Waals surface area contributed by atoms with Gasteiger partial charge in [-0.2, -0.15) is 23.5 Å². The summed E-state index contributed by atoms with van der Waals surface area (Å²) in [5.41, 5.74) is 2.00. The molecule has 1 aromatic rings. The van der Waals surface area contributed by atoms with Crippen LogP contribution in [0, 0.1) is 0 Å². The van der Waals surface area contributed by atoms with Crippen LogP contribution in [0.25, 0.3) is 0 Å². The van der Waals surface area contributed by atoms with Gasteiger partial charge in [0.25, 0.3) is 0 Å². The highest BCUT2D eigenvalue weighted by molar-refractivity contribution is 7.98. The first-order chi connectivity index (χ1) is 13.7. The van der Waals surface area contributed by atoms with E-state index in [2.05, 4.69) is 13.8 Å². The molecule has 1 rings (SSSR count). The van der Waals surface area contributed by atoms with E-state index in [0.29, 0.717) is 5.75 Å². The second-order valence-corrected chi connectivity index (χ2v) is 10.4. The quantitative estimate of drug-likeness (QED) is 0.228. The van der Waals surface area contributed by atoms with Crippen molar-refractivity contribution in [3.8, 4) is 5.75 Å². The summed E-state index contributed by atoms with van der Waals surface area (Å²) in [7, 11) is 0. The fraction of sp³-hybridized carbons (Fsp3) is 0.750.